The molecule has 1 amide bonds. The summed E-state index contributed by atoms with van der Waals surface area (Å²) in [5.41, 5.74) is 2.64. The minimum atomic E-state index is -0.260. The van der Waals surface area contributed by atoms with Gasteiger partial charge in [-0.15, -0.1) is 11.3 Å². The lowest BCUT2D eigenvalue weighted by Gasteiger charge is -2.35. The minimum Gasteiger partial charge on any atom is -0.352 e. The summed E-state index contributed by atoms with van der Waals surface area (Å²) in [5.74, 6) is 0.630. The molecule has 0 aliphatic carbocycles. The Balaban J connectivity index is 1.19. The van der Waals surface area contributed by atoms with Crippen molar-refractivity contribution in [2.24, 2.45) is 7.05 Å². The molecule has 0 radical (unpaired) electrons. The maximum atomic E-state index is 13.4. The monoisotopic (exact) mass is 490 g/mol. The van der Waals surface area contributed by atoms with Gasteiger partial charge in [0.1, 0.15) is 22.8 Å². The van der Waals surface area contributed by atoms with Gasteiger partial charge in [-0.3, -0.25) is 14.2 Å². The van der Waals surface area contributed by atoms with Crippen LogP contribution in [0.3, 0.4) is 0 Å². The molecule has 0 bridgehead atoms. The fourth-order valence-electron chi connectivity index (χ4n) is 4.57. The highest BCUT2D eigenvalue weighted by Crippen LogP contribution is 2.30. The van der Waals surface area contributed by atoms with Gasteiger partial charge in [0.05, 0.1) is 28.7 Å². The van der Waals surface area contributed by atoms with E-state index in [0.717, 1.165) is 38.3 Å². The van der Waals surface area contributed by atoms with Crippen LogP contribution < -0.4 is 4.90 Å². The molecule has 0 atom stereocenters. The first-order valence-electron chi connectivity index (χ1n) is 11.4. The van der Waals surface area contributed by atoms with E-state index in [1.807, 2.05) is 29.6 Å². The van der Waals surface area contributed by atoms with Gasteiger partial charge in [-0.05, 0) is 30.7 Å². The van der Waals surface area contributed by atoms with E-state index in [2.05, 4.69) is 25.1 Å². The highest BCUT2D eigenvalue weighted by atomic mass is 32.1. The third-order valence-electron chi connectivity index (χ3n) is 6.44. The number of benzene rings is 1. The standard InChI is InChI=1S/C24H23FN8OS/c1-15-18-11-20(35-24(18)33(29-15)13-16-3-5-17(25)6-4-16)23(34)32-9-7-31(8-10-32)22-19-12-28-30(2)21(19)26-14-27-22/h3-6,11-12,14H,7-10,13H2,1-2H3. The van der Waals surface area contributed by atoms with Crippen LogP contribution in [0.15, 0.2) is 42.9 Å². The van der Waals surface area contributed by atoms with E-state index in [1.165, 1.54) is 23.5 Å². The average molecular weight is 491 g/mol. The minimum absolute atomic E-state index is 0.0350. The number of carbonyl (C=O) groups excluding carboxylic acids is 1. The van der Waals surface area contributed by atoms with Gasteiger partial charge < -0.3 is 9.80 Å². The summed E-state index contributed by atoms with van der Waals surface area (Å²) in [4.78, 5) is 27.9. The number of aromatic nitrogens is 6. The maximum Gasteiger partial charge on any atom is 0.264 e. The van der Waals surface area contributed by atoms with Gasteiger partial charge >= 0.3 is 0 Å². The second kappa shape index (κ2) is 8.42. The predicted octanol–water partition coefficient (Wildman–Crippen LogP) is 3.23. The first-order chi connectivity index (χ1) is 17.0. The molecule has 4 aromatic heterocycles. The lowest BCUT2D eigenvalue weighted by molar-refractivity contribution is 0.0751. The normalized spacial score (nSPS) is 14.4. The molecule has 35 heavy (non-hydrogen) atoms. The number of nitrogens with zero attached hydrogens (tertiary/aromatic N) is 8. The van der Waals surface area contributed by atoms with Crippen LogP contribution in [0.1, 0.15) is 20.9 Å². The number of thiophene rings is 1. The van der Waals surface area contributed by atoms with Gasteiger partial charge in [0.2, 0.25) is 0 Å². The van der Waals surface area contributed by atoms with Crippen molar-refractivity contribution >= 4 is 44.3 Å². The second-order valence-corrected chi connectivity index (χ2v) is 9.71. The lowest BCUT2D eigenvalue weighted by atomic mass is 10.2. The number of fused-ring (bicyclic) bond motifs is 2. The van der Waals surface area contributed by atoms with E-state index in [4.69, 9.17) is 0 Å². The van der Waals surface area contributed by atoms with Crippen molar-refractivity contribution in [2.75, 3.05) is 31.1 Å². The molecule has 0 N–H and O–H groups in total. The summed E-state index contributed by atoms with van der Waals surface area (Å²) in [6.07, 6.45) is 3.35. The molecule has 178 valence electrons. The quantitative estimate of drug-likeness (QED) is 0.385. The third-order valence-corrected chi connectivity index (χ3v) is 7.58. The molecule has 0 unspecified atom stereocenters. The molecule has 1 aliphatic heterocycles. The van der Waals surface area contributed by atoms with Crippen LogP contribution >= 0.6 is 11.3 Å². The van der Waals surface area contributed by atoms with E-state index >= 15 is 0 Å². The van der Waals surface area contributed by atoms with Crippen LogP contribution in [0.4, 0.5) is 10.2 Å². The van der Waals surface area contributed by atoms with Gasteiger partial charge in [0.25, 0.3) is 5.91 Å². The number of hydrogen-bond donors (Lipinski definition) is 0. The molecular formula is C24H23FN8OS. The summed E-state index contributed by atoms with van der Waals surface area (Å²) in [5, 5.41) is 10.8. The molecule has 6 rings (SSSR count). The predicted molar refractivity (Wildman–Crippen MR) is 132 cm³/mol. The fourth-order valence-corrected chi connectivity index (χ4v) is 5.70. The number of halogens is 1. The second-order valence-electron chi connectivity index (χ2n) is 8.68. The Kier molecular flexibility index (Phi) is 5.21. The van der Waals surface area contributed by atoms with Gasteiger partial charge in [0, 0.05) is 38.6 Å². The Morgan fingerprint density at radius 3 is 2.63 bits per heavy atom. The zero-order valence-corrected chi connectivity index (χ0v) is 20.2. The van der Waals surface area contributed by atoms with Crippen molar-refractivity contribution in [2.45, 2.75) is 13.5 Å². The first kappa shape index (κ1) is 21.7. The summed E-state index contributed by atoms with van der Waals surface area (Å²) in [6.45, 7) is 5.08. The summed E-state index contributed by atoms with van der Waals surface area (Å²) >= 11 is 1.46. The van der Waals surface area contributed by atoms with E-state index in [9.17, 15) is 9.18 Å². The Bertz CT molecular complexity index is 1550. The molecule has 1 saturated heterocycles. The van der Waals surface area contributed by atoms with Gasteiger partial charge in [0.15, 0.2) is 5.65 Å². The van der Waals surface area contributed by atoms with Crippen molar-refractivity contribution in [3.63, 3.8) is 0 Å². The fraction of sp³-hybridized carbons (Fsp3) is 0.292. The maximum absolute atomic E-state index is 13.4. The number of hydrogen-bond acceptors (Lipinski definition) is 7. The van der Waals surface area contributed by atoms with Crippen LogP contribution in [0.5, 0.6) is 0 Å². The molecule has 9 nitrogen and oxygen atoms in total. The van der Waals surface area contributed by atoms with E-state index in [0.29, 0.717) is 37.6 Å². The Labute approximate surface area is 204 Å². The van der Waals surface area contributed by atoms with E-state index in [1.54, 1.807) is 29.3 Å². The summed E-state index contributed by atoms with van der Waals surface area (Å²) < 4.78 is 16.9. The third kappa shape index (κ3) is 3.81. The van der Waals surface area contributed by atoms with Crippen molar-refractivity contribution in [1.82, 2.24) is 34.4 Å². The van der Waals surface area contributed by atoms with Crippen LogP contribution in [-0.4, -0.2) is 66.5 Å². The molecule has 5 heterocycles. The topological polar surface area (TPSA) is 85.0 Å². The molecule has 0 spiro atoms. The van der Waals surface area contributed by atoms with Crippen LogP contribution in [0.25, 0.3) is 21.3 Å². The van der Waals surface area contributed by atoms with Crippen molar-refractivity contribution in [1.29, 1.82) is 0 Å². The number of rotatable bonds is 4. The first-order valence-corrected chi connectivity index (χ1v) is 12.2. The van der Waals surface area contributed by atoms with Crippen LogP contribution in [0, 0.1) is 12.7 Å². The number of anilines is 1. The number of piperazine rings is 1. The number of aryl methyl sites for hydroxylation is 2. The Hall–Kier alpha value is -3.86. The molecule has 1 aromatic carbocycles. The van der Waals surface area contributed by atoms with Gasteiger partial charge in [-0.25, -0.2) is 14.4 Å². The highest BCUT2D eigenvalue weighted by Gasteiger charge is 2.26. The lowest BCUT2D eigenvalue weighted by Crippen LogP contribution is -2.49. The summed E-state index contributed by atoms with van der Waals surface area (Å²) in [7, 11) is 1.86. The SMILES string of the molecule is Cc1nn(Cc2ccc(F)cc2)c2sc(C(=O)N3CCN(c4ncnc5c4cnn5C)CC3)cc12. The zero-order valence-electron chi connectivity index (χ0n) is 19.3. The van der Waals surface area contributed by atoms with Gasteiger partial charge in [-0.2, -0.15) is 10.2 Å². The van der Waals surface area contributed by atoms with Gasteiger partial charge in [-0.1, -0.05) is 12.1 Å². The van der Waals surface area contributed by atoms with Crippen molar-refractivity contribution < 1.29 is 9.18 Å². The van der Waals surface area contributed by atoms with Crippen molar-refractivity contribution in [3.05, 3.63) is 64.8 Å². The van der Waals surface area contributed by atoms with Crippen molar-refractivity contribution in [3.8, 4) is 0 Å². The van der Waals surface area contributed by atoms with E-state index in [-0.39, 0.29) is 11.7 Å². The molecule has 11 heteroatoms. The Morgan fingerprint density at radius 2 is 1.86 bits per heavy atom. The molecule has 1 aliphatic rings. The van der Waals surface area contributed by atoms with Crippen LogP contribution in [0.2, 0.25) is 0 Å². The van der Waals surface area contributed by atoms with E-state index < -0.39 is 0 Å². The molecule has 0 saturated carbocycles. The average Bonchev–Trinajstić information content (AvgIpc) is 3.56. The van der Waals surface area contributed by atoms with Crippen LogP contribution in [-0.2, 0) is 13.6 Å². The molecule has 1 fully saturated rings. The Morgan fingerprint density at radius 1 is 1.09 bits per heavy atom. The highest BCUT2D eigenvalue weighted by molar-refractivity contribution is 7.20. The zero-order chi connectivity index (χ0) is 24.1. The number of carbonyl (C=O) groups is 1. The number of amides is 1. The summed E-state index contributed by atoms with van der Waals surface area (Å²) in [6, 6.07) is 8.36. The molecular weight excluding hydrogens is 467 g/mol. The largest absolute Gasteiger partial charge is 0.352 e. The molecule has 5 aromatic rings. The smallest absolute Gasteiger partial charge is 0.264 e.